The smallest absolute Gasteiger partial charge is 0.310 e. The third-order valence-electron chi connectivity index (χ3n) is 3.15. The number of hydrogen-bond acceptors (Lipinski definition) is 5. The molecule has 1 N–H and O–H groups in total. The highest BCUT2D eigenvalue weighted by molar-refractivity contribution is 7.22. The zero-order chi connectivity index (χ0) is 16.2. The molecule has 0 aliphatic rings. The van der Waals surface area contributed by atoms with Crippen molar-refractivity contribution < 1.29 is 14.3 Å². The van der Waals surface area contributed by atoms with E-state index in [2.05, 4.69) is 10.3 Å². The predicted octanol–water partition coefficient (Wildman–Crippen LogP) is 3.86. The van der Waals surface area contributed by atoms with E-state index in [1.165, 1.54) is 11.3 Å². The van der Waals surface area contributed by atoms with Crippen LogP contribution in [0.2, 0.25) is 0 Å². The van der Waals surface area contributed by atoms with E-state index in [0.29, 0.717) is 22.9 Å². The number of nitrogens with one attached hydrogen (secondary N) is 1. The molecule has 2 aromatic carbocycles. The summed E-state index contributed by atoms with van der Waals surface area (Å²) in [5, 5.41) is 3.33. The van der Waals surface area contributed by atoms with Crippen LogP contribution in [0, 0.1) is 0 Å². The predicted molar refractivity (Wildman–Crippen MR) is 89.9 cm³/mol. The first-order valence-corrected chi connectivity index (χ1v) is 7.95. The van der Waals surface area contributed by atoms with E-state index in [4.69, 9.17) is 4.74 Å². The number of rotatable bonds is 4. The molecule has 23 heavy (non-hydrogen) atoms. The molecule has 6 heteroatoms. The van der Waals surface area contributed by atoms with Crippen LogP contribution in [0.3, 0.4) is 0 Å². The van der Waals surface area contributed by atoms with Gasteiger partial charge in [0, 0.05) is 12.0 Å². The lowest BCUT2D eigenvalue weighted by Gasteiger charge is -2.04. The van der Waals surface area contributed by atoms with E-state index in [1.54, 1.807) is 31.2 Å². The average Bonchev–Trinajstić information content (AvgIpc) is 2.97. The molecule has 1 amide bonds. The molecule has 116 valence electrons. The number of para-hydroxylation sites is 1. The Bertz CT molecular complexity index is 823. The summed E-state index contributed by atoms with van der Waals surface area (Å²) in [5.74, 6) is -0.137. The van der Waals surface area contributed by atoms with E-state index in [9.17, 15) is 9.59 Å². The van der Waals surface area contributed by atoms with E-state index in [-0.39, 0.29) is 11.9 Å². The fraction of sp³-hybridized carbons (Fsp3) is 0.118. The van der Waals surface area contributed by atoms with Gasteiger partial charge >= 0.3 is 5.97 Å². The third-order valence-corrected chi connectivity index (χ3v) is 4.10. The molecule has 0 atom stereocenters. The Morgan fingerprint density at radius 1 is 1.13 bits per heavy atom. The minimum absolute atomic E-state index is 0.252. The minimum Gasteiger partial charge on any atom is -0.427 e. The van der Waals surface area contributed by atoms with Crippen molar-refractivity contribution in [2.75, 3.05) is 5.32 Å². The highest BCUT2D eigenvalue weighted by atomic mass is 32.1. The molecule has 0 unspecified atom stereocenters. The number of hydrogen-bond donors (Lipinski definition) is 1. The van der Waals surface area contributed by atoms with Crippen molar-refractivity contribution in [2.24, 2.45) is 0 Å². The van der Waals surface area contributed by atoms with Crippen LogP contribution in [0.15, 0.2) is 48.5 Å². The van der Waals surface area contributed by atoms with E-state index in [0.717, 1.165) is 10.2 Å². The first-order valence-electron chi connectivity index (χ1n) is 7.13. The molecule has 0 spiro atoms. The molecular formula is C17H14N2O3S. The Hall–Kier alpha value is -2.73. The van der Waals surface area contributed by atoms with Crippen molar-refractivity contribution in [3.05, 3.63) is 54.1 Å². The minimum atomic E-state index is -0.309. The Labute approximate surface area is 136 Å². The molecule has 0 saturated heterocycles. The Balaban J connectivity index is 1.71. The summed E-state index contributed by atoms with van der Waals surface area (Å²) in [7, 11) is 0. The van der Waals surface area contributed by atoms with Crippen LogP contribution >= 0.6 is 11.3 Å². The Morgan fingerprint density at radius 3 is 2.57 bits per heavy atom. The number of fused-ring (bicyclic) bond motifs is 1. The zero-order valence-corrected chi connectivity index (χ0v) is 13.2. The normalized spacial score (nSPS) is 10.5. The first-order chi connectivity index (χ1) is 11.2. The van der Waals surface area contributed by atoms with Crippen molar-refractivity contribution in [1.82, 2.24) is 4.98 Å². The van der Waals surface area contributed by atoms with Gasteiger partial charge in [0.15, 0.2) is 5.13 Å². The summed E-state index contributed by atoms with van der Waals surface area (Å²) in [4.78, 5) is 27.8. The number of carbonyl (C=O) groups excluding carboxylic acids is 2. The topological polar surface area (TPSA) is 68.3 Å². The van der Waals surface area contributed by atoms with Crippen LogP contribution in [0.1, 0.15) is 23.7 Å². The summed E-state index contributed by atoms with van der Waals surface area (Å²) in [6.45, 7) is 1.72. The fourth-order valence-corrected chi connectivity index (χ4v) is 2.83. The number of anilines is 1. The van der Waals surface area contributed by atoms with Crippen LogP contribution < -0.4 is 10.1 Å². The maximum atomic E-state index is 12.2. The monoisotopic (exact) mass is 326 g/mol. The van der Waals surface area contributed by atoms with Crippen LogP contribution in [0.5, 0.6) is 5.75 Å². The summed E-state index contributed by atoms with van der Waals surface area (Å²) in [6.07, 6.45) is 0.305. The fourth-order valence-electron chi connectivity index (χ4n) is 1.97. The van der Waals surface area contributed by atoms with Gasteiger partial charge in [0.2, 0.25) is 0 Å². The number of esters is 1. The molecule has 0 saturated carbocycles. The van der Waals surface area contributed by atoms with Gasteiger partial charge in [-0.1, -0.05) is 30.4 Å². The average molecular weight is 326 g/mol. The van der Waals surface area contributed by atoms with Crippen molar-refractivity contribution in [1.29, 1.82) is 0 Å². The van der Waals surface area contributed by atoms with Crippen LogP contribution in [0.25, 0.3) is 10.2 Å². The standard InChI is InChI=1S/C17H14N2O3S/c1-2-15(20)22-12-9-7-11(8-10-12)16(21)19-17-18-13-5-3-4-6-14(13)23-17/h3-10H,2H2,1H3,(H,18,19,21). The SMILES string of the molecule is CCC(=O)Oc1ccc(C(=O)Nc2nc3ccccc3s2)cc1. The molecule has 5 nitrogen and oxygen atoms in total. The van der Waals surface area contributed by atoms with E-state index >= 15 is 0 Å². The van der Waals surface area contributed by atoms with Gasteiger partial charge in [0.25, 0.3) is 5.91 Å². The lowest BCUT2D eigenvalue weighted by molar-refractivity contribution is -0.134. The number of carbonyl (C=O) groups is 2. The van der Waals surface area contributed by atoms with Gasteiger partial charge in [-0.25, -0.2) is 4.98 Å². The molecule has 0 radical (unpaired) electrons. The maximum Gasteiger partial charge on any atom is 0.310 e. The summed E-state index contributed by atoms with van der Waals surface area (Å²) < 4.78 is 6.09. The molecule has 0 bridgehead atoms. The molecule has 3 rings (SSSR count). The van der Waals surface area contributed by atoms with Gasteiger partial charge in [-0.05, 0) is 36.4 Å². The van der Waals surface area contributed by atoms with Crippen LogP contribution in [-0.2, 0) is 4.79 Å². The number of ether oxygens (including phenoxy) is 1. The third kappa shape index (κ3) is 3.54. The number of nitrogens with zero attached hydrogens (tertiary/aromatic N) is 1. The second-order valence-corrected chi connectivity index (χ2v) is 5.82. The number of thiazole rings is 1. The summed E-state index contributed by atoms with van der Waals surface area (Å²) in [6, 6.07) is 14.1. The van der Waals surface area contributed by atoms with E-state index < -0.39 is 0 Å². The Morgan fingerprint density at radius 2 is 1.87 bits per heavy atom. The largest absolute Gasteiger partial charge is 0.427 e. The second-order valence-electron chi connectivity index (χ2n) is 4.79. The first kappa shape index (κ1) is 15.2. The molecule has 1 heterocycles. The molecular weight excluding hydrogens is 312 g/mol. The number of aromatic nitrogens is 1. The van der Waals surface area contributed by atoms with Gasteiger partial charge in [-0.3, -0.25) is 14.9 Å². The van der Waals surface area contributed by atoms with Crippen molar-refractivity contribution in [3.8, 4) is 5.75 Å². The highest BCUT2D eigenvalue weighted by Crippen LogP contribution is 2.25. The Kier molecular flexibility index (Phi) is 4.34. The molecule has 0 aliphatic carbocycles. The maximum absolute atomic E-state index is 12.2. The quantitative estimate of drug-likeness (QED) is 0.584. The van der Waals surface area contributed by atoms with Gasteiger partial charge < -0.3 is 4.74 Å². The van der Waals surface area contributed by atoms with Gasteiger partial charge in [0.1, 0.15) is 5.75 Å². The van der Waals surface area contributed by atoms with Gasteiger partial charge in [-0.2, -0.15) is 0 Å². The molecule has 0 fully saturated rings. The van der Waals surface area contributed by atoms with Crippen LogP contribution in [-0.4, -0.2) is 16.9 Å². The van der Waals surface area contributed by atoms with Crippen molar-refractivity contribution in [3.63, 3.8) is 0 Å². The molecule has 1 aromatic heterocycles. The molecule has 0 aliphatic heterocycles. The number of amides is 1. The lowest BCUT2D eigenvalue weighted by Crippen LogP contribution is -2.11. The summed E-state index contributed by atoms with van der Waals surface area (Å²) in [5.41, 5.74) is 1.33. The van der Waals surface area contributed by atoms with Crippen LogP contribution in [0.4, 0.5) is 5.13 Å². The van der Waals surface area contributed by atoms with Crippen molar-refractivity contribution in [2.45, 2.75) is 13.3 Å². The van der Waals surface area contributed by atoms with Gasteiger partial charge in [0.05, 0.1) is 10.2 Å². The number of benzene rings is 2. The zero-order valence-electron chi connectivity index (χ0n) is 12.4. The lowest BCUT2D eigenvalue weighted by atomic mass is 10.2. The summed E-state index contributed by atoms with van der Waals surface area (Å²) >= 11 is 1.42. The molecule has 3 aromatic rings. The van der Waals surface area contributed by atoms with E-state index in [1.807, 2.05) is 24.3 Å². The second kappa shape index (κ2) is 6.58. The van der Waals surface area contributed by atoms with Gasteiger partial charge in [-0.15, -0.1) is 0 Å². The highest BCUT2D eigenvalue weighted by Gasteiger charge is 2.10. The van der Waals surface area contributed by atoms with Crippen molar-refractivity contribution >= 4 is 38.6 Å².